The van der Waals surface area contributed by atoms with Crippen LogP contribution in [0, 0.1) is 5.92 Å². The van der Waals surface area contributed by atoms with Crippen molar-refractivity contribution < 1.29 is 29.1 Å². The zero-order valence-corrected chi connectivity index (χ0v) is 22.9. The summed E-state index contributed by atoms with van der Waals surface area (Å²) in [6.07, 6.45) is 3.02. The van der Waals surface area contributed by atoms with Crippen LogP contribution >= 0.6 is 0 Å². The van der Waals surface area contributed by atoms with E-state index in [0.717, 1.165) is 10.9 Å². The zero-order valence-electron chi connectivity index (χ0n) is 22.9. The largest absolute Gasteiger partial charge is 0.480 e. The van der Waals surface area contributed by atoms with Gasteiger partial charge >= 0.3 is 5.97 Å². The Morgan fingerprint density at radius 1 is 0.925 bits per heavy atom. The molecule has 220 valence electrons. The van der Waals surface area contributed by atoms with Crippen molar-refractivity contribution in [2.24, 2.45) is 23.1 Å². The van der Waals surface area contributed by atoms with Crippen molar-refractivity contribution in [1.29, 1.82) is 0 Å². The molecule has 1 aromatic carbocycles. The van der Waals surface area contributed by atoms with Gasteiger partial charge in [-0.3, -0.25) is 19.2 Å². The van der Waals surface area contributed by atoms with Crippen molar-refractivity contribution in [2.75, 3.05) is 6.54 Å². The van der Waals surface area contributed by atoms with Crippen molar-refractivity contribution in [3.05, 3.63) is 36.0 Å². The number of hydrogen-bond donors (Lipinski definition) is 8. The lowest BCUT2D eigenvalue weighted by atomic mass is 10.0. The maximum atomic E-state index is 13.2. The van der Waals surface area contributed by atoms with Crippen LogP contribution in [0.2, 0.25) is 0 Å². The number of primary amides is 1. The van der Waals surface area contributed by atoms with Gasteiger partial charge in [0.2, 0.25) is 23.6 Å². The average molecular weight is 560 g/mol. The van der Waals surface area contributed by atoms with Gasteiger partial charge in [0.1, 0.15) is 18.1 Å². The number of rotatable bonds is 17. The minimum Gasteiger partial charge on any atom is -0.480 e. The molecule has 13 nitrogen and oxygen atoms in total. The smallest absolute Gasteiger partial charge is 0.326 e. The molecule has 0 aliphatic rings. The highest BCUT2D eigenvalue weighted by molar-refractivity contribution is 5.96. The number of fused-ring (bicyclic) bond motifs is 1. The molecule has 11 N–H and O–H groups in total. The summed E-state index contributed by atoms with van der Waals surface area (Å²) in [6, 6.07) is 2.61. The van der Waals surface area contributed by atoms with Crippen molar-refractivity contribution in [1.82, 2.24) is 20.9 Å². The molecule has 0 aliphatic carbocycles. The number of nitrogens with one attached hydrogen (secondary N) is 4. The Morgan fingerprint density at radius 2 is 1.55 bits per heavy atom. The van der Waals surface area contributed by atoms with E-state index in [1.54, 1.807) is 6.20 Å². The molecule has 0 fully saturated rings. The molecule has 1 heterocycles. The number of nitrogens with two attached hydrogens (primary N) is 3. The number of aromatic amines is 1. The van der Waals surface area contributed by atoms with Crippen LogP contribution < -0.4 is 33.2 Å². The monoisotopic (exact) mass is 559 g/mol. The van der Waals surface area contributed by atoms with E-state index in [0.29, 0.717) is 31.4 Å². The van der Waals surface area contributed by atoms with Crippen LogP contribution in [0.25, 0.3) is 10.9 Å². The molecule has 13 heteroatoms. The molecule has 4 unspecified atom stereocenters. The third kappa shape index (κ3) is 9.97. The molecule has 0 saturated carbocycles. The Balaban J connectivity index is 2.15. The second-order valence-electron chi connectivity index (χ2n) is 10.3. The first kappa shape index (κ1) is 32.2. The fourth-order valence-electron chi connectivity index (χ4n) is 4.30. The molecule has 2 aromatic rings. The predicted octanol–water partition coefficient (Wildman–Crippen LogP) is -0.373. The summed E-state index contributed by atoms with van der Waals surface area (Å²) in [5.74, 6) is -4.33. The molecule has 0 bridgehead atoms. The number of hydrogen-bond acceptors (Lipinski definition) is 7. The van der Waals surface area contributed by atoms with E-state index in [2.05, 4.69) is 20.9 Å². The van der Waals surface area contributed by atoms with Crippen LogP contribution in [0.15, 0.2) is 30.5 Å². The molecule has 4 amide bonds. The van der Waals surface area contributed by atoms with Crippen LogP contribution in [0.3, 0.4) is 0 Å². The van der Waals surface area contributed by atoms with E-state index in [1.807, 2.05) is 38.1 Å². The number of amides is 4. The first-order chi connectivity index (χ1) is 18.9. The zero-order chi connectivity index (χ0) is 29.8. The number of benzene rings is 1. The van der Waals surface area contributed by atoms with Gasteiger partial charge in [-0.25, -0.2) is 4.79 Å². The van der Waals surface area contributed by atoms with Gasteiger partial charge in [-0.1, -0.05) is 38.5 Å². The number of carbonyl (C=O) groups is 5. The highest BCUT2D eigenvalue weighted by atomic mass is 16.4. The maximum Gasteiger partial charge on any atom is 0.326 e. The van der Waals surface area contributed by atoms with E-state index in [1.165, 1.54) is 0 Å². The fourth-order valence-corrected chi connectivity index (χ4v) is 4.30. The summed E-state index contributed by atoms with van der Waals surface area (Å²) in [5.41, 5.74) is 18.2. The SMILES string of the molecule is CC(C)CC(NC(=O)C(N)CCCCN)C(=O)NC(CC(N)=O)C(=O)NC(Cc1c[nH]c2ccccc12)C(=O)O. The Labute approximate surface area is 233 Å². The molecule has 1 aromatic heterocycles. The van der Waals surface area contributed by atoms with Gasteiger partial charge < -0.3 is 43.2 Å². The molecular weight excluding hydrogens is 518 g/mol. The number of carboxylic acid groups (broad SMARTS) is 1. The number of unbranched alkanes of at least 4 members (excludes halogenated alkanes) is 1. The highest BCUT2D eigenvalue weighted by Crippen LogP contribution is 2.19. The molecule has 4 atom stereocenters. The van der Waals surface area contributed by atoms with Crippen LogP contribution in [-0.2, 0) is 30.4 Å². The Hall–Kier alpha value is -3.97. The van der Waals surface area contributed by atoms with Crippen molar-refractivity contribution in [3.8, 4) is 0 Å². The Bertz CT molecular complexity index is 1180. The van der Waals surface area contributed by atoms with Crippen LogP contribution in [0.5, 0.6) is 0 Å². The normalized spacial score (nSPS) is 14.2. The summed E-state index contributed by atoms with van der Waals surface area (Å²) in [5, 5.41) is 18.1. The topological polar surface area (TPSA) is 236 Å². The van der Waals surface area contributed by atoms with Gasteiger partial charge in [0.25, 0.3) is 0 Å². The number of aromatic nitrogens is 1. The van der Waals surface area contributed by atoms with Crippen molar-refractivity contribution in [2.45, 2.75) is 76.5 Å². The van der Waals surface area contributed by atoms with Crippen molar-refractivity contribution >= 4 is 40.5 Å². The van der Waals surface area contributed by atoms with Crippen LogP contribution in [0.1, 0.15) is 51.5 Å². The molecular formula is C27H41N7O6. The van der Waals surface area contributed by atoms with Gasteiger partial charge in [-0.05, 0) is 43.4 Å². The average Bonchev–Trinajstić information content (AvgIpc) is 3.29. The second-order valence-corrected chi connectivity index (χ2v) is 10.3. The second kappa shape index (κ2) is 15.6. The third-order valence-corrected chi connectivity index (χ3v) is 6.40. The lowest BCUT2D eigenvalue weighted by Crippen LogP contribution is -2.58. The predicted molar refractivity (Wildman–Crippen MR) is 150 cm³/mol. The van der Waals surface area contributed by atoms with Crippen LogP contribution in [0.4, 0.5) is 0 Å². The molecule has 0 radical (unpaired) electrons. The molecule has 0 saturated heterocycles. The van der Waals surface area contributed by atoms with Gasteiger partial charge in [0.05, 0.1) is 12.5 Å². The molecule has 2 rings (SSSR count). The third-order valence-electron chi connectivity index (χ3n) is 6.40. The Morgan fingerprint density at radius 3 is 2.17 bits per heavy atom. The van der Waals surface area contributed by atoms with Gasteiger partial charge in [-0.2, -0.15) is 0 Å². The fraction of sp³-hybridized carbons (Fsp3) is 0.519. The maximum absolute atomic E-state index is 13.2. The van der Waals surface area contributed by atoms with Crippen molar-refractivity contribution in [3.63, 3.8) is 0 Å². The molecule has 40 heavy (non-hydrogen) atoms. The van der Waals surface area contributed by atoms with E-state index in [4.69, 9.17) is 17.2 Å². The van der Waals surface area contributed by atoms with Crippen LogP contribution in [-0.4, -0.2) is 70.4 Å². The van der Waals surface area contributed by atoms with Gasteiger partial charge in [-0.15, -0.1) is 0 Å². The number of H-pyrrole nitrogens is 1. The number of carbonyl (C=O) groups excluding carboxylic acids is 4. The van der Waals surface area contributed by atoms with E-state index in [-0.39, 0.29) is 18.8 Å². The summed E-state index contributed by atoms with van der Waals surface area (Å²) < 4.78 is 0. The molecule has 0 aliphatic heterocycles. The standard InChI is InChI=1S/C27H41N7O6/c1-15(2)11-20(32-24(36)18(29)8-5-6-10-28)25(37)33-21(13-23(30)35)26(38)34-22(27(39)40)12-16-14-31-19-9-4-3-7-17(16)19/h3-4,7,9,14-15,18,20-22,31H,5-6,8,10-13,28-29H2,1-2H3,(H2,30,35)(H,32,36)(H,33,37)(H,34,38)(H,39,40). The van der Waals surface area contributed by atoms with E-state index >= 15 is 0 Å². The first-order valence-electron chi connectivity index (χ1n) is 13.4. The molecule has 0 spiro atoms. The number of aliphatic carboxylic acids is 1. The number of carboxylic acids is 1. The minimum absolute atomic E-state index is 0.0134. The first-order valence-corrected chi connectivity index (χ1v) is 13.4. The van der Waals surface area contributed by atoms with E-state index < -0.39 is 60.2 Å². The lowest BCUT2D eigenvalue weighted by Gasteiger charge is -2.25. The van der Waals surface area contributed by atoms with Gasteiger partial charge in [0, 0.05) is 23.5 Å². The summed E-state index contributed by atoms with van der Waals surface area (Å²) >= 11 is 0. The summed E-state index contributed by atoms with van der Waals surface area (Å²) in [7, 11) is 0. The summed E-state index contributed by atoms with van der Waals surface area (Å²) in [6.45, 7) is 4.17. The number of para-hydroxylation sites is 1. The summed E-state index contributed by atoms with van der Waals surface area (Å²) in [4.78, 5) is 65.7. The van der Waals surface area contributed by atoms with Gasteiger partial charge in [0.15, 0.2) is 0 Å². The minimum atomic E-state index is -1.46. The van der Waals surface area contributed by atoms with E-state index in [9.17, 15) is 29.1 Å². The lowest BCUT2D eigenvalue weighted by molar-refractivity contribution is -0.142. The highest BCUT2D eigenvalue weighted by Gasteiger charge is 2.32. The quantitative estimate of drug-likeness (QED) is 0.119. The Kier molecular flexibility index (Phi) is 12.6.